The zero-order valence-electron chi connectivity index (χ0n) is 9.78. The molecule has 0 fully saturated rings. The van der Waals surface area contributed by atoms with Gasteiger partial charge in [-0.2, -0.15) is 0 Å². The minimum Gasteiger partial charge on any atom is -0.398 e. The van der Waals surface area contributed by atoms with Gasteiger partial charge < -0.3 is 15.7 Å². The number of halogens is 1. The molecule has 1 atom stereocenters. The van der Waals surface area contributed by atoms with E-state index in [9.17, 15) is 5.11 Å². The summed E-state index contributed by atoms with van der Waals surface area (Å²) in [4.78, 5) is 2.18. The number of nitrogen functional groups attached to an aromatic ring is 1. The monoisotopic (exact) mass is 286 g/mol. The van der Waals surface area contributed by atoms with Crippen molar-refractivity contribution in [1.29, 1.82) is 0 Å². The molecule has 0 saturated heterocycles. The van der Waals surface area contributed by atoms with E-state index in [0.29, 0.717) is 0 Å². The van der Waals surface area contributed by atoms with E-state index >= 15 is 0 Å². The molecule has 0 aliphatic carbocycles. The van der Waals surface area contributed by atoms with Crippen LogP contribution in [0.15, 0.2) is 22.7 Å². The number of hydrogen-bond donors (Lipinski definition) is 2. The first kappa shape index (κ1) is 13.5. The maximum atomic E-state index is 9.19. The molecular weight excluding hydrogens is 268 g/mol. The van der Waals surface area contributed by atoms with Crippen LogP contribution < -0.4 is 5.73 Å². The highest BCUT2D eigenvalue weighted by Crippen LogP contribution is 2.20. The first-order valence-electron chi connectivity index (χ1n) is 5.39. The van der Waals surface area contributed by atoms with Crippen LogP contribution in [0.25, 0.3) is 0 Å². The van der Waals surface area contributed by atoms with E-state index in [1.54, 1.807) is 0 Å². The summed E-state index contributed by atoms with van der Waals surface area (Å²) >= 11 is 3.37. The Morgan fingerprint density at radius 1 is 1.50 bits per heavy atom. The summed E-state index contributed by atoms with van der Waals surface area (Å²) in [5.74, 6) is 0. The highest BCUT2D eigenvalue weighted by atomic mass is 79.9. The number of benzene rings is 1. The molecule has 0 spiro atoms. The number of nitrogens with two attached hydrogens (primary N) is 1. The molecule has 3 nitrogen and oxygen atoms in total. The average Bonchev–Trinajstić information content (AvgIpc) is 2.21. The molecule has 3 N–H and O–H groups in total. The predicted octanol–water partition coefficient (Wildman–Crippen LogP) is 2.23. The number of aliphatic hydroxyl groups excluding tert-OH is 1. The zero-order valence-corrected chi connectivity index (χ0v) is 11.4. The van der Waals surface area contributed by atoms with E-state index in [-0.39, 0.29) is 6.10 Å². The summed E-state index contributed by atoms with van der Waals surface area (Å²) in [6.07, 6.45) is 0.556. The first-order chi connectivity index (χ1) is 7.49. The fourth-order valence-electron chi connectivity index (χ4n) is 1.49. The van der Waals surface area contributed by atoms with Crippen LogP contribution in [0.2, 0.25) is 0 Å². The van der Waals surface area contributed by atoms with Gasteiger partial charge in [0, 0.05) is 23.2 Å². The molecule has 1 rings (SSSR count). The largest absolute Gasteiger partial charge is 0.398 e. The van der Waals surface area contributed by atoms with Crippen LogP contribution >= 0.6 is 15.9 Å². The van der Waals surface area contributed by atoms with Crippen LogP contribution in [0, 0.1) is 0 Å². The lowest BCUT2D eigenvalue weighted by Crippen LogP contribution is -2.22. The lowest BCUT2D eigenvalue weighted by Gasteiger charge is -2.17. The Kier molecular flexibility index (Phi) is 5.25. The van der Waals surface area contributed by atoms with Crippen molar-refractivity contribution in [2.45, 2.75) is 26.0 Å². The highest BCUT2D eigenvalue weighted by Gasteiger charge is 2.04. The van der Waals surface area contributed by atoms with Crippen LogP contribution in [-0.4, -0.2) is 29.7 Å². The van der Waals surface area contributed by atoms with Crippen molar-refractivity contribution < 1.29 is 5.11 Å². The van der Waals surface area contributed by atoms with Crippen molar-refractivity contribution in [3.05, 3.63) is 28.2 Å². The van der Waals surface area contributed by atoms with Crippen molar-refractivity contribution >= 4 is 21.6 Å². The summed E-state index contributed by atoms with van der Waals surface area (Å²) < 4.78 is 0.933. The Morgan fingerprint density at radius 3 is 2.75 bits per heavy atom. The summed E-state index contributed by atoms with van der Waals surface area (Å²) in [5.41, 5.74) is 7.77. The van der Waals surface area contributed by atoms with Crippen LogP contribution in [-0.2, 0) is 6.54 Å². The van der Waals surface area contributed by atoms with Crippen molar-refractivity contribution in [2.24, 2.45) is 0 Å². The predicted molar refractivity (Wildman–Crippen MR) is 71.2 cm³/mol. The van der Waals surface area contributed by atoms with E-state index in [1.165, 1.54) is 5.56 Å². The molecule has 0 amide bonds. The second-order valence-electron chi connectivity index (χ2n) is 4.23. The molecule has 1 aromatic rings. The third-order valence-electron chi connectivity index (χ3n) is 2.44. The van der Waals surface area contributed by atoms with Gasteiger partial charge in [0.2, 0.25) is 0 Å². The standard InChI is InChI=1S/C12H19BrN2O/c1-9(16)5-6-15(2)8-10-3-4-11(13)12(14)7-10/h3-4,7,9,16H,5-6,8,14H2,1-2H3. The molecule has 0 aromatic heterocycles. The molecule has 1 aromatic carbocycles. The molecule has 0 radical (unpaired) electrons. The van der Waals surface area contributed by atoms with Gasteiger partial charge in [0.15, 0.2) is 0 Å². The fourth-order valence-corrected chi connectivity index (χ4v) is 1.74. The lowest BCUT2D eigenvalue weighted by molar-refractivity contribution is 0.163. The summed E-state index contributed by atoms with van der Waals surface area (Å²) in [7, 11) is 2.04. The maximum Gasteiger partial charge on any atom is 0.0524 e. The van der Waals surface area contributed by atoms with Gasteiger partial charge in [0.05, 0.1) is 6.10 Å². The minimum absolute atomic E-state index is 0.238. The second-order valence-corrected chi connectivity index (χ2v) is 5.09. The van der Waals surface area contributed by atoms with E-state index in [2.05, 4.69) is 26.9 Å². The molecule has 1 unspecified atom stereocenters. The van der Waals surface area contributed by atoms with Gasteiger partial charge in [-0.25, -0.2) is 0 Å². The van der Waals surface area contributed by atoms with Crippen molar-refractivity contribution in [3.63, 3.8) is 0 Å². The smallest absolute Gasteiger partial charge is 0.0524 e. The minimum atomic E-state index is -0.238. The van der Waals surface area contributed by atoms with Gasteiger partial charge >= 0.3 is 0 Å². The van der Waals surface area contributed by atoms with Gasteiger partial charge in [-0.15, -0.1) is 0 Å². The number of anilines is 1. The van der Waals surface area contributed by atoms with Crippen LogP contribution in [0.1, 0.15) is 18.9 Å². The summed E-state index contributed by atoms with van der Waals surface area (Å²) in [6, 6.07) is 6.00. The number of hydrogen-bond acceptors (Lipinski definition) is 3. The quantitative estimate of drug-likeness (QED) is 0.817. The molecular formula is C12H19BrN2O. The van der Waals surface area contributed by atoms with E-state index in [1.807, 2.05) is 26.1 Å². The van der Waals surface area contributed by atoms with Crippen LogP contribution in [0.3, 0.4) is 0 Å². The highest BCUT2D eigenvalue weighted by molar-refractivity contribution is 9.10. The average molecular weight is 287 g/mol. The second kappa shape index (κ2) is 6.23. The molecule has 0 saturated carbocycles. The van der Waals surface area contributed by atoms with Gasteiger partial charge in [-0.1, -0.05) is 6.07 Å². The molecule has 16 heavy (non-hydrogen) atoms. The number of nitrogens with zero attached hydrogens (tertiary/aromatic N) is 1. The molecule has 4 heteroatoms. The third-order valence-corrected chi connectivity index (χ3v) is 3.16. The van der Waals surface area contributed by atoms with Gasteiger partial charge in [0.1, 0.15) is 0 Å². The number of rotatable bonds is 5. The van der Waals surface area contributed by atoms with Crippen LogP contribution in [0.4, 0.5) is 5.69 Å². The molecule has 90 valence electrons. The Bertz CT molecular complexity index is 342. The number of aliphatic hydroxyl groups is 1. The Hall–Kier alpha value is -0.580. The Morgan fingerprint density at radius 2 is 2.19 bits per heavy atom. The lowest BCUT2D eigenvalue weighted by atomic mass is 10.2. The topological polar surface area (TPSA) is 49.5 Å². The summed E-state index contributed by atoms with van der Waals surface area (Å²) in [5, 5.41) is 9.19. The first-order valence-corrected chi connectivity index (χ1v) is 6.19. The molecule has 0 bridgehead atoms. The van der Waals surface area contributed by atoms with Crippen molar-refractivity contribution in [3.8, 4) is 0 Å². The van der Waals surface area contributed by atoms with Crippen LogP contribution in [0.5, 0.6) is 0 Å². The molecule has 0 aliphatic rings. The van der Waals surface area contributed by atoms with Gasteiger partial charge in [-0.05, 0) is 54.0 Å². The van der Waals surface area contributed by atoms with Gasteiger partial charge in [0.25, 0.3) is 0 Å². The fraction of sp³-hybridized carbons (Fsp3) is 0.500. The zero-order chi connectivity index (χ0) is 12.1. The van der Waals surface area contributed by atoms with Gasteiger partial charge in [-0.3, -0.25) is 0 Å². The Labute approximate surface area is 105 Å². The van der Waals surface area contributed by atoms with Crippen molar-refractivity contribution in [1.82, 2.24) is 4.90 Å². The third kappa shape index (κ3) is 4.51. The maximum absolute atomic E-state index is 9.19. The molecule has 0 aliphatic heterocycles. The normalized spacial score (nSPS) is 13.1. The van der Waals surface area contributed by atoms with Crippen molar-refractivity contribution in [2.75, 3.05) is 19.3 Å². The Balaban J connectivity index is 2.49. The SMILES string of the molecule is CC(O)CCN(C)Cc1ccc(Br)c(N)c1. The van der Waals surface area contributed by atoms with E-state index < -0.39 is 0 Å². The van der Waals surface area contributed by atoms with E-state index in [0.717, 1.165) is 29.7 Å². The molecule has 0 heterocycles. The summed E-state index contributed by atoms with van der Waals surface area (Å²) in [6.45, 7) is 3.54. The van der Waals surface area contributed by atoms with E-state index in [4.69, 9.17) is 5.73 Å².